The number of nitrogens with one attached hydrogen (secondary N) is 1. The van der Waals surface area contributed by atoms with Crippen LogP contribution in [-0.2, 0) is 13.1 Å². The summed E-state index contributed by atoms with van der Waals surface area (Å²) in [7, 11) is 4.93. The second-order valence-electron chi connectivity index (χ2n) is 7.39. The summed E-state index contributed by atoms with van der Waals surface area (Å²) in [6, 6.07) is 7.46. The summed E-state index contributed by atoms with van der Waals surface area (Å²) < 4.78 is 10.4. The van der Waals surface area contributed by atoms with Gasteiger partial charge in [0.15, 0.2) is 0 Å². The van der Waals surface area contributed by atoms with Gasteiger partial charge in [-0.1, -0.05) is 0 Å². The Bertz CT molecular complexity index is 1290. The van der Waals surface area contributed by atoms with Gasteiger partial charge in [0.05, 0.1) is 24.5 Å². The molecule has 0 saturated heterocycles. The monoisotopic (exact) mass is 464 g/mol. The van der Waals surface area contributed by atoms with Gasteiger partial charge in [0.1, 0.15) is 17.0 Å². The number of rotatable bonds is 8. The van der Waals surface area contributed by atoms with Gasteiger partial charge in [0.2, 0.25) is 11.8 Å². The Morgan fingerprint density at radius 2 is 1.70 bits per heavy atom. The SMILES string of the molecule is COc1cc(CNc2ncnc3sc(C(=O)N(C)Cc4ccnc(OC)c4)c(C)c23)ccn1. The second-order valence-corrected chi connectivity index (χ2v) is 8.39. The first-order chi connectivity index (χ1) is 16.0. The first-order valence-electron chi connectivity index (χ1n) is 10.2. The zero-order valence-electron chi connectivity index (χ0n) is 18.8. The van der Waals surface area contributed by atoms with E-state index in [4.69, 9.17) is 9.47 Å². The van der Waals surface area contributed by atoms with Crippen LogP contribution in [0.5, 0.6) is 11.8 Å². The van der Waals surface area contributed by atoms with Crippen molar-refractivity contribution < 1.29 is 14.3 Å². The molecule has 1 N–H and O–H groups in total. The number of hydrogen-bond donors (Lipinski definition) is 1. The van der Waals surface area contributed by atoms with Crippen LogP contribution in [0, 0.1) is 6.92 Å². The molecule has 4 rings (SSSR count). The second kappa shape index (κ2) is 9.78. The number of hydrogen-bond acceptors (Lipinski definition) is 9. The molecule has 4 aromatic rings. The molecule has 4 aromatic heterocycles. The average molecular weight is 465 g/mol. The molecule has 10 heteroatoms. The molecular formula is C23H24N6O3S. The van der Waals surface area contributed by atoms with E-state index in [0.29, 0.717) is 35.5 Å². The number of anilines is 1. The van der Waals surface area contributed by atoms with Crippen LogP contribution in [0.2, 0.25) is 0 Å². The van der Waals surface area contributed by atoms with Crippen molar-refractivity contribution in [3.63, 3.8) is 0 Å². The fourth-order valence-electron chi connectivity index (χ4n) is 3.45. The number of pyridine rings is 2. The molecule has 1 amide bonds. The lowest BCUT2D eigenvalue weighted by Gasteiger charge is -2.17. The summed E-state index contributed by atoms with van der Waals surface area (Å²) in [6.07, 6.45) is 4.88. The van der Waals surface area contributed by atoms with Crippen molar-refractivity contribution in [2.45, 2.75) is 20.0 Å². The molecule has 4 heterocycles. The Morgan fingerprint density at radius 3 is 2.39 bits per heavy atom. The van der Waals surface area contributed by atoms with E-state index in [1.807, 2.05) is 31.2 Å². The van der Waals surface area contributed by atoms with Crippen LogP contribution in [0.3, 0.4) is 0 Å². The number of aryl methyl sites for hydroxylation is 1. The van der Waals surface area contributed by atoms with Gasteiger partial charge in [-0.2, -0.15) is 0 Å². The molecule has 0 atom stereocenters. The van der Waals surface area contributed by atoms with Crippen molar-refractivity contribution in [1.82, 2.24) is 24.8 Å². The molecule has 0 aliphatic heterocycles. The number of ether oxygens (including phenoxy) is 2. The highest BCUT2D eigenvalue weighted by Crippen LogP contribution is 2.34. The predicted molar refractivity (Wildman–Crippen MR) is 127 cm³/mol. The van der Waals surface area contributed by atoms with Crippen molar-refractivity contribution in [3.8, 4) is 11.8 Å². The van der Waals surface area contributed by atoms with Crippen LogP contribution in [0.15, 0.2) is 43.0 Å². The minimum Gasteiger partial charge on any atom is -0.481 e. The maximum atomic E-state index is 13.3. The quantitative estimate of drug-likeness (QED) is 0.421. The lowest BCUT2D eigenvalue weighted by molar-refractivity contribution is 0.0789. The highest BCUT2D eigenvalue weighted by atomic mass is 32.1. The molecule has 33 heavy (non-hydrogen) atoms. The highest BCUT2D eigenvalue weighted by Gasteiger charge is 2.22. The lowest BCUT2D eigenvalue weighted by atomic mass is 10.1. The van der Waals surface area contributed by atoms with E-state index in [1.54, 1.807) is 38.6 Å². The predicted octanol–water partition coefficient (Wildman–Crippen LogP) is 3.69. The van der Waals surface area contributed by atoms with Crippen molar-refractivity contribution in [3.05, 3.63) is 64.6 Å². The van der Waals surface area contributed by atoms with Crippen molar-refractivity contribution in [1.29, 1.82) is 0 Å². The van der Waals surface area contributed by atoms with Gasteiger partial charge in [0.25, 0.3) is 5.91 Å². The standard InChI is InChI=1S/C23H24N6O3S/c1-14-19-21(26-11-15-5-7-24-17(9-15)31-3)27-13-28-22(19)33-20(14)23(30)29(2)12-16-6-8-25-18(10-16)32-4/h5-10,13H,11-12H2,1-4H3,(H,26,27,28). The molecule has 0 bridgehead atoms. The molecule has 170 valence electrons. The smallest absolute Gasteiger partial charge is 0.264 e. The third-order valence-corrected chi connectivity index (χ3v) is 6.35. The maximum absolute atomic E-state index is 13.3. The maximum Gasteiger partial charge on any atom is 0.264 e. The fourth-order valence-corrected chi connectivity index (χ4v) is 4.59. The third-order valence-electron chi connectivity index (χ3n) is 5.16. The summed E-state index contributed by atoms with van der Waals surface area (Å²) in [5, 5.41) is 4.21. The van der Waals surface area contributed by atoms with Crippen LogP contribution in [0.4, 0.5) is 5.82 Å². The Balaban J connectivity index is 1.56. The van der Waals surface area contributed by atoms with Gasteiger partial charge in [-0.25, -0.2) is 19.9 Å². The molecule has 0 aromatic carbocycles. The minimum absolute atomic E-state index is 0.0731. The molecular weight excluding hydrogens is 440 g/mol. The van der Waals surface area contributed by atoms with Crippen LogP contribution in [-0.4, -0.2) is 52.0 Å². The van der Waals surface area contributed by atoms with E-state index in [2.05, 4.69) is 25.3 Å². The van der Waals surface area contributed by atoms with Gasteiger partial charge in [-0.05, 0) is 35.7 Å². The molecule has 0 fully saturated rings. The number of amides is 1. The Kier molecular flexibility index (Phi) is 6.64. The molecule has 0 unspecified atom stereocenters. The zero-order chi connectivity index (χ0) is 23.4. The molecule has 0 radical (unpaired) electrons. The number of carbonyl (C=O) groups is 1. The molecule has 0 aliphatic carbocycles. The number of thiophene rings is 1. The Hall–Kier alpha value is -3.79. The number of nitrogens with zero attached hydrogens (tertiary/aromatic N) is 5. The zero-order valence-corrected chi connectivity index (χ0v) is 19.6. The normalized spacial score (nSPS) is 10.8. The first-order valence-corrected chi connectivity index (χ1v) is 11.0. The molecule has 9 nitrogen and oxygen atoms in total. The van der Waals surface area contributed by atoms with Gasteiger partial charge >= 0.3 is 0 Å². The number of aromatic nitrogens is 4. The van der Waals surface area contributed by atoms with E-state index in [9.17, 15) is 4.79 Å². The van der Waals surface area contributed by atoms with Gasteiger partial charge in [-0.15, -0.1) is 11.3 Å². The van der Waals surface area contributed by atoms with Gasteiger partial charge in [-0.3, -0.25) is 4.79 Å². The number of methoxy groups -OCH3 is 2. The molecule has 0 aliphatic rings. The Morgan fingerprint density at radius 1 is 1.03 bits per heavy atom. The van der Waals surface area contributed by atoms with Crippen LogP contribution < -0.4 is 14.8 Å². The first kappa shape index (κ1) is 22.4. The summed E-state index contributed by atoms with van der Waals surface area (Å²) in [5.41, 5.74) is 2.80. The molecule has 0 spiro atoms. The molecule has 0 saturated carbocycles. The van der Waals surface area contributed by atoms with Crippen molar-refractivity contribution in [2.24, 2.45) is 0 Å². The van der Waals surface area contributed by atoms with E-state index >= 15 is 0 Å². The van der Waals surface area contributed by atoms with E-state index < -0.39 is 0 Å². The lowest BCUT2D eigenvalue weighted by Crippen LogP contribution is -2.26. The van der Waals surface area contributed by atoms with Gasteiger partial charge < -0.3 is 19.7 Å². The van der Waals surface area contributed by atoms with E-state index in [-0.39, 0.29) is 5.91 Å². The largest absolute Gasteiger partial charge is 0.481 e. The highest BCUT2D eigenvalue weighted by molar-refractivity contribution is 7.20. The van der Waals surface area contributed by atoms with Gasteiger partial charge in [0, 0.05) is 44.7 Å². The minimum atomic E-state index is -0.0731. The average Bonchev–Trinajstić information content (AvgIpc) is 3.19. The summed E-state index contributed by atoms with van der Waals surface area (Å²) in [6.45, 7) is 2.90. The van der Waals surface area contributed by atoms with Crippen molar-refractivity contribution >= 4 is 33.3 Å². The van der Waals surface area contributed by atoms with E-state index in [1.165, 1.54) is 17.7 Å². The Labute approximate surface area is 195 Å². The topological polar surface area (TPSA) is 102 Å². The number of fused-ring (bicyclic) bond motifs is 1. The summed E-state index contributed by atoms with van der Waals surface area (Å²) in [4.78, 5) is 33.4. The summed E-state index contributed by atoms with van der Waals surface area (Å²) >= 11 is 1.37. The van der Waals surface area contributed by atoms with Crippen LogP contribution >= 0.6 is 11.3 Å². The fraction of sp³-hybridized carbons (Fsp3) is 0.261. The third kappa shape index (κ3) is 4.85. The van der Waals surface area contributed by atoms with Crippen LogP contribution in [0.25, 0.3) is 10.2 Å². The summed E-state index contributed by atoms with van der Waals surface area (Å²) in [5.74, 6) is 1.68. The van der Waals surface area contributed by atoms with Crippen molar-refractivity contribution in [2.75, 3.05) is 26.6 Å². The van der Waals surface area contributed by atoms with E-state index in [0.717, 1.165) is 26.9 Å². The number of carbonyl (C=O) groups excluding carboxylic acids is 1. The van der Waals surface area contributed by atoms with Crippen LogP contribution in [0.1, 0.15) is 26.4 Å².